The number of amides is 2. The highest BCUT2D eigenvalue weighted by molar-refractivity contribution is 6.05. The Labute approximate surface area is 156 Å². The van der Waals surface area contributed by atoms with Crippen molar-refractivity contribution in [1.29, 1.82) is 0 Å². The number of aromatic nitrogens is 2. The Bertz CT molecular complexity index is 843. The van der Waals surface area contributed by atoms with Gasteiger partial charge in [0.2, 0.25) is 0 Å². The number of carbonyl (C=O) groups excluding carboxylic acids is 2. The van der Waals surface area contributed by atoms with Gasteiger partial charge in [0.1, 0.15) is 17.3 Å². The van der Waals surface area contributed by atoms with Crippen LogP contribution in [0.3, 0.4) is 0 Å². The lowest BCUT2D eigenvalue weighted by Gasteiger charge is -2.17. The number of imidazole rings is 1. The number of para-hydroxylation sites is 1. The number of anilines is 1. The molecule has 2 N–H and O–H groups in total. The molecule has 1 aliphatic rings. The fourth-order valence-corrected chi connectivity index (χ4v) is 3.15. The van der Waals surface area contributed by atoms with Gasteiger partial charge < -0.3 is 15.2 Å². The number of rotatable bonds is 6. The van der Waals surface area contributed by atoms with E-state index in [1.165, 1.54) is 6.07 Å². The molecule has 2 heterocycles. The van der Waals surface area contributed by atoms with Crippen LogP contribution in [-0.4, -0.2) is 27.9 Å². The van der Waals surface area contributed by atoms with Crippen molar-refractivity contribution in [3.05, 3.63) is 47.0 Å². The number of carbonyl (C=O) groups is 2. The van der Waals surface area contributed by atoms with Crippen LogP contribution < -0.4 is 10.6 Å². The molecule has 2 amide bonds. The zero-order chi connectivity index (χ0) is 19.4. The smallest absolute Gasteiger partial charge is 0.287 e. The standard InChI is InChI=1S/C19H22F2N4O2/c1-2-3-10-22-19(27)17-23-16(14-9-4-5-11-25(14)17)18(26)24-15-12(20)7-6-8-13(15)21/h6-8H,2-5,9-11H2,1H3,(H,22,27)(H,24,26). The third kappa shape index (κ3) is 3.99. The first-order chi connectivity index (χ1) is 13.0. The van der Waals surface area contributed by atoms with E-state index in [-0.39, 0.29) is 17.4 Å². The maximum Gasteiger partial charge on any atom is 0.287 e. The molecular formula is C19H22F2N4O2. The Hall–Kier alpha value is -2.77. The van der Waals surface area contributed by atoms with E-state index in [0.29, 0.717) is 25.2 Å². The summed E-state index contributed by atoms with van der Waals surface area (Å²) in [5.74, 6) is -2.64. The maximum absolute atomic E-state index is 13.8. The van der Waals surface area contributed by atoms with Crippen molar-refractivity contribution in [1.82, 2.24) is 14.9 Å². The minimum atomic E-state index is -0.867. The summed E-state index contributed by atoms with van der Waals surface area (Å²) in [5, 5.41) is 5.05. The second-order valence-corrected chi connectivity index (χ2v) is 6.50. The predicted molar refractivity (Wildman–Crippen MR) is 96.7 cm³/mol. The SMILES string of the molecule is CCCCNC(=O)c1nc(C(=O)Nc2c(F)cccc2F)c2n1CCCC2. The number of benzene rings is 1. The number of unbranched alkanes of at least 4 members (excludes halogenated alkanes) is 1. The van der Waals surface area contributed by atoms with Crippen LogP contribution in [0.2, 0.25) is 0 Å². The van der Waals surface area contributed by atoms with Gasteiger partial charge >= 0.3 is 0 Å². The highest BCUT2D eigenvalue weighted by atomic mass is 19.1. The first-order valence-corrected chi connectivity index (χ1v) is 9.16. The molecule has 0 radical (unpaired) electrons. The molecule has 0 aliphatic carbocycles. The third-order valence-corrected chi connectivity index (χ3v) is 4.55. The Morgan fingerprint density at radius 1 is 1.19 bits per heavy atom. The summed E-state index contributed by atoms with van der Waals surface area (Å²) in [7, 11) is 0. The summed E-state index contributed by atoms with van der Waals surface area (Å²) in [6.07, 6.45) is 4.11. The van der Waals surface area contributed by atoms with Crippen LogP contribution in [-0.2, 0) is 13.0 Å². The van der Waals surface area contributed by atoms with Crippen molar-refractivity contribution in [3.8, 4) is 0 Å². The second-order valence-electron chi connectivity index (χ2n) is 6.50. The first-order valence-electron chi connectivity index (χ1n) is 9.16. The molecule has 0 fully saturated rings. The molecule has 0 atom stereocenters. The molecule has 3 rings (SSSR count). The second kappa shape index (κ2) is 8.28. The van der Waals surface area contributed by atoms with E-state index in [1.54, 1.807) is 4.57 Å². The highest BCUT2D eigenvalue weighted by Crippen LogP contribution is 2.24. The number of nitrogens with one attached hydrogen (secondary N) is 2. The van der Waals surface area contributed by atoms with Crippen LogP contribution in [0.5, 0.6) is 0 Å². The van der Waals surface area contributed by atoms with Crippen LogP contribution in [0.4, 0.5) is 14.5 Å². The van der Waals surface area contributed by atoms with Gasteiger partial charge in [-0.15, -0.1) is 0 Å². The minimum Gasteiger partial charge on any atom is -0.349 e. The molecule has 0 saturated carbocycles. The molecule has 1 aromatic carbocycles. The number of nitrogens with zero attached hydrogens (tertiary/aromatic N) is 2. The average Bonchev–Trinajstić information content (AvgIpc) is 3.05. The van der Waals surface area contributed by atoms with E-state index >= 15 is 0 Å². The van der Waals surface area contributed by atoms with Gasteiger partial charge in [-0.05, 0) is 37.8 Å². The number of hydrogen-bond donors (Lipinski definition) is 2. The Morgan fingerprint density at radius 3 is 2.63 bits per heavy atom. The normalized spacial score (nSPS) is 13.1. The van der Waals surface area contributed by atoms with Gasteiger partial charge in [0.05, 0.1) is 5.69 Å². The van der Waals surface area contributed by atoms with E-state index < -0.39 is 23.2 Å². The fraction of sp³-hybridized carbons (Fsp3) is 0.421. The molecule has 0 bridgehead atoms. The van der Waals surface area contributed by atoms with Gasteiger partial charge in [-0.25, -0.2) is 13.8 Å². The van der Waals surface area contributed by atoms with E-state index in [2.05, 4.69) is 15.6 Å². The molecule has 0 spiro atoms. The van der Waals surface area contributed by atoms with Gasteiger partial charge in [0, 0.05) is 13.1 Å². The van der Waals surface area contributed by atoms with Crippen LogP contribution in [0, 0.1) is 11.6 Å². The van der Waals surface area contributed by atoms with Crippen molar-refractivity contribution in [3.63, 3.8) is 0 Å². The minimum absolute atomic E-state index is 0.0398. The number of halogens is 2. The summed E-state index contributed by atoms with van der Waals surface area (Å²) < 4.78 is 29.4. The summed E-state index contributed by atoms with van der Waals surface area (Å²) in [6, 6.07) is 3.35. The maximum atomic E-state index is 13.8. The topological polar surface area (TPSA) is 76.0 Å². The van der Waals surface area contributed by atoms with Crippen LogP contribution in [0.25, 0.3) is 0 Å². The lowest BCUT2D eigenvalue weighted by Crippen LogP contribution is -2.28. The van der Waals surface area contributed by atoms with Gasteiger partial charge in [0.25, 0.3) is 11.8 Å². The molecule has 144 valence electrons. The van der Waals surface area contributed by atoms with Gasteiger partial charge in [0.15, 0.2) is 11.5 Å². The molecule has 0 unspecified atom stereocenters. The van der Waals surface area contributed by atoms with Crippen molar-refractivity contribution < 1.29 is 18.4 Å². The average molecular weight is 376 g/mol. The quantitative estimate of drug-likeness (QED) is 0.760. The number of hydrogen-bond acceptors (Lipinski definition) is 3. The van der Waals surface area contributed by atoms with Crippen LogP contribution >= 0.6 is 0 Å². The van der Waals surface area contributed by atoms with E-state index in [1.807, 2.05) is 6.92 Å². The summed E-state index contributed by atoms with van der Waals surface area (Å²) in [6.45, 7) is 3.13. The van der Waals surface area contributed by atoms with Gasteiger partial charge in [-0.2, -0.15) is 0 Å². The van der Waals surface area contributed by atoms with Crippen molar-refractivity contribution in [2.45, 2.75) is 45.6 Å². The monoisotopic (exact) mass is 376 g/mol. The van der Waals surface area contributed by atoms with Crippen LogP contribution in [0.15, 0.2) is 18.2 Å². The Morgan fingerprint density at radius 2 is 1.93 bits per heavy atom. The summed E-state index contributed by atoms with van der Waals surface area (Å²) >= 11 is 0. The highest BCUT2D eigenvalue weighted by Gasteiger charge is 2.28. The summed E-state index contributed by atoms with van der Waals surface area (Å²) in [5.41, 5.74) is 0.142. The third-order valence-electron chi connectivity index (χ3n) is 4.55. The predicted octanol–water partition coefficient (Wildman–Crippen LogP) is 3.28. The zero-order valence-corrected chi connectivity index (χ0v) is 15.1. The number of fused-ring (bicyclic) bond motifs is 1. The Balaban J connectivity index is 1.89. The van der Waals surface area contributed by atoms with Crippen molar-refractivity contribution in [2.24, 2.45) is 0 Å². The molecule has 8 heteroatoms. The molecule has 1 aliphatic heterocycles. The van der Waals surface area contributed by atoms with E-state index in [0.717, 1.165) is 37.8 Å². The lowest BCUT2D eigenvalue weighted by atomic mass is 10.1. The summed E-state index contributed by atoms with van der Waals surface area (Å²) in [4.78, 5) is 29.3. The molecule has 1 aromatic heterocycles. The zero-order valence-electron chi connectivity index (χ0n) is 15.1. The Kier molecular flexibility index (Phi) is 5.83. The van der Waals surface area contributed by atoms with Gasteiger partial charge in [-0.1, -0.05) is 19.4 Å². The molecule has 6 nitrogen and oxygen atoms in total. The fourth-order valence-electron chi connectivity index (χ4n) is 3.15. The first kappa shape index (κ1) is 19.0. The molecular weight excluding hydrogens is 354 g/mol. The van der Waals surface area contributed by atoms with E-state index in [4.69, 9.17) is 0 Å². The van der Waals surface area contributed by atoms with Crippen molar-refractivity contribution in [2.75, 3.05) is 11.9 Å². The largest absolute Gasteiger partial charge is 0.349 e. The molecule has 27 heavy (non-hydrogen) atoms. The van der Waals surface area contributed by atoms with Crippen LogP contribution in [0.1, 0.15) is 59.4 Å². The molecule has 2 aromatic rings. The van der Waals surface area contributed by atoms with Crippen molar-refractivity contribution >= 4 is 17.5 Å². The lowest BCUT2D eigenvalue weighted by molar-refractivity contribution is 0.0937. The van der Waals surface area contributed by atoms with Gasteiger partial charge in [-0.3, -0.25) is 9.59 Å². The molecule has 0 saturated heterocycles. The van der Waals surface area contributed by atoms with E-state index in [9.17, 15) is 18.4 Å².